The number of aromatic carboxylic acids is 1. The van der Waals surface area contributed by atoms with Crippen LogP contribution in [0.2, 0.25) is 5.02 Å². The van der Waals surface area contributed by atoms with E-state index in [1.807, 2.05) is 0 Å². The van der Waals surface area contributed by atoms with Gasteiger partial charge in [-0.05, 0) is 19.4 Å². The van der Waals surface area contributed by atoms with Crippen molar-refractivity contribution < 1.29 is 18.7 Å². The second-order valence-electron chi connectivity index (χ2n) is 5.87. The molecule has 5 nitrogen and oxygen atoms in total. The van der Waals surface area contributed by atoms with Crippen molar-refractivity contribution in [2.45, 2.75) is 25.6 Å². The maximum atomic E-state index is 14.6. The molecular formula is C15H16ClF2N3O2. The van der Waals surface area contributed by atoms with Crippen molar-refractivity contribution in [3.63, 3.8) is 0 Å². The Balaban J connectivity index is 2.26. The number of carbonyl (C=O) groups is 1. The summed E-state index contributed by atoms with van der Waals surface area (Å²) in [6, 6.07) is 0.505. The molecule has 0 amide bonds. The quantitative estimate of drug-likeness (QED) is 0.783. The number of aromatic amines is 1. The van der Waals surface area contributed by atoms with Gasteiger partial charge in [0.1, 0.15) is 12.0 Å². The van der Waals surface area contributed by atoms with Crippen LogP contribution in [-0.4, -0.2) is 41.4 Å². The number of nitrogens with one attached hydrogen (secondary N) is 1. The molecule has 2 aromatic rings. The molecule has 4 N–H and O–H groups in total. The molecule has 1 saturated heterocycles. The summed E-state index contributed by atoms with van der Waals surface area (Å²) in [7, 11) is 0. The Morgan fingerprint density at radius 2 is 2.22 bits per heavy atom. The highest BCUT2D eigenvalue weighted by molar-refractivity contribution is 6.38. The van der Waals surface area contributed by atoms with Crippen molar-refractivity contribution >= 4 is 34.2 Å². The molecule has 1 aliphatic rings. The van der Waals surface area contributed by atoms with Crippen molar-refractivity contribution in [3.05, 3.63) is 28.2 Å². The first kappa shape index (κ1) is 16.0. The molecular weight excluding hydrogens is 328 g/mol. The Morgan fingerprint density at radius 1 is 1.52 bits per heavy atom. The Hall–Kier alpha value is -1.86. The van der Waals surface area contributed by atoms with E-state index in [4.69, 9.17) is 17.3 Å². The van der Waals surface area contributed by atoms with Crippen LogP contribution in [0.15, 0.2) is 6.07 Å². The maximum absolute atomic E-state index is 14.6. The lowest BCUT2D eigenvalue weighted by Gasteiger charge is -2.35. The van der Waals surface area contributed by atoms with Gasteiger partial charge in [-0.15, -0.1) is 0 Å². The number of aryl methyl sites for hydroxylation is 1. The molecule has 0 aliphatic carbocycles. The molecule has 1 fully saturated rings. The third-order valence-electron chi connectivity index (χ3n) is 4.09. The van der Waals surface area contributed by atoms with E-state index >= 15 is 0 Å². The van der Waals surface area contributed by atoms with Crippen LogP contribution in [-0.2, 0) is 0 Å². The number of anilines is 1. The van der Waals surface area contributed by atoms with E-state index in [1.54, 1.807) is 6.92 Å². The number of alkyl halides is 1. The predicted octanol–water partition coefficient (Wildman–Crippen LogP) is 2.84. The number of rotatable bonds is 2. The lowest BCUT2D eigenvalue weighted by atomic mass is 10.0. The minimum absolute atomic E-state index is 0.00725. The van der Waals surface area contributed by atoms with E-state index in [-0.39, 0.29) is 46.7 Å². The molecule has 8 heteroatoms. The van der Waals surface area contributed by atoms with Crippen molar-refractivity contribution in [1.29, 1.82) is 0 Å². The normalized spacial score (nSPS) is 21.9. The summed E-state index contributed by atoms with van der Waals surface area (Å²) in [6.45, 7) is 1.93. The van der Waals surface area contributed by atoms with E-state index in [1.165, 1.54) is 4.90 Å². The first-order valence-corrected chi connectivity index (χ1v) is 7.55. The Bertz CT molecular complexity index is 783. The molecule has 1 aromatic carbocycles. The average Bonchev–Trinajstić information content (AvgIpc) is 2.73. The molecule has 2 atom stereocenters. The topological polar surface area (TPSA) is 82.4 Å². The second kappa shape index (κ2) is 5.65. The number of carboxylic acids is 1. The molecule has 124 valence electrons. The fourth-order valence-corrected chi connectivity index (χ4v) is 3.38. The summed E-state index contributed by atoms with van der Waals surface area (Å²) in [5.74, 6) is -2.02. The molecule has 23 heavy (non-hydrogen) atoms. The highest BCUT2D eigenvalue weighted by Crippen LogP contribution is 2.40. The van der Waals surface area contributed by atoms with Gasteiger partial charge in [0.25, 0.3) is 0 Å². The van der Waals surface area contributed by atoms with Gasteiger partial charge in [-0.2, -0.15) is 0 Å². The first-order valence-electron chi connectivity index (χ1n) is 7.17. The van der Waals surface area contributed by atoms with Gasteiger partial charge in [0.15, 0.2) is 0 Å². The van der Waals surface area contributed by atoms with Crippen LogP contribution < -0.4 is 10.6 Å². The van der Waals surface area contributed by atoms with E-state index in [0.29, 0.717) is 5.69 Å². The Labute approximate surface area is 136 Å². The number of hydrogen-bond acceptors (Lipinski definition) is 3. The zero-order valence-corrected chi connectivity index (χ0v) is 13.1. The van der Waals surface area contributed by atoms with Crippen LogP contribution in [0.1, 0.15) is 22.5 Å². The summed E-state index contributed by atoms with van der Waals surface area (Å²) < 4.78 is 28.5. The van der Waals surface area contributed by atoms with E-state index in [2.05, 4.69) is 4.98 Å². The second-order valence-corrected chi connectivity index (χ2v) is 6.25. The van der Waals surface area contributed by atoms with Crippen LogP contribution in [0.5, 0.6) is 0 Å². The number of piperidine rings is 1. The minimum atomic E-state index is -1.27. The summed E-state index contributed by atoms with van der Waals surface area (Å²) >= 11 is 6.24. The van der Waals surface area contributed by atoms with Crippen molar-refractivity contribution in [1.82, 2.24) is 4.98 Å². The van der Waals surface area contributed by atoms with Crippen LogP contribution >= 0.6 is 11.6 Å². The van der Waals surface area contributed by atoms with Gasteiger partial charge in [0, 0.05) is 30.2 Å². The van der Waals surface area contributed by atoms with Crippen molar-refractivity contribution in [2.24, 2.45) is 5.73 Å². The lowest BCUT2D eigenvalue weighted by molar-refractivity contribution is 0.0698. The van der Waals surface area contributed by atoms with Gasteiger partial charge in [-0.3, -0.25) is 0 Å². The van der Waals surface area contributed by atoms with Crippen LogP contribution in [0, 0.1) is 12.7 Å². The summed E-state index contributed by atoms with van der Waals surface area (Å²) in [4.78, 5) is 15.7. The fraction of sp³-hybridized carbons (Fsp3) is 0.400. The highest BCUT2D eigenvalue weighted by atomic mass is 35.5. The standard InChI is InChI=1S/C15H16ClF2N3O2/c1-6-12(16)11-13(20-6)9(15(22)23)3-10(18)14(11)21-4-7(17)2-8(19)5-21/h3,7-8,20H,2,4-5,19H2,1H3,(H,22,23)/t7-,8-/m0/s1. The number of nitrogens with two attached hydrogens (primary N) is 1. The summed E-state index contributed by atoms with van der Waals surface area (Å²) in [6.07, 6.45) is -0.958. The van der Waals surface area contributed by atoms with Gasteiger partial charge >= 0.3 is 5.97 Å². The largest absolute Gasteiger partial charge is 0.478 e. The van der Waals surface area contributed by atoms with E-state index < -0.39 is 24.0 Å². The van der Waals surface area contributed by atoms with Gasteiger partial charge in [-0.1, -0.05) is 11.6 Å². The molecule has 1 aromatic heterocycles. The Morgan fingerprint density at radius 3 is 2.83 bits per heavy atom. The number of halogens is 3. The van der Waals surface area contributed by atoms with Crippen LogP contribution in [0.4, 0.5) is 14.5 Å². The molecule has 0 bridgehead atoms. The van der Waals surface area contributed by atoms with Gasteiger partial charge in [-0.25, -0.2) is 13.6 Å². The minimum Gasteiger partial charge on any atom is -0.478 e. The highest BCUT2D eigenvalue weighted by Gasteiger charge is 2.30. The van der Waals surface area contributed by atoms with Crippen LogP contribution in [0.3, 0.4) is 0 Å². The maximum Gasteiger partial charge on any atom is 0.337 e. The zero-order valence-electron chi connectivity index (χ0n) is 12.4. The smallest absolute Gasteiger partial charge is 0.337 e. The summed E-state index contributed by atoms with van der Waals surface area (Å²) in [5.41, 5.74) is 6.46. The fourth-order valence-electron chi connectivity index (χ4n) is 3.15. The van der Waals surface area contributed by atoms with E-state index in [0.717, 1.165) is 6.07 Å². The average molecular weight is 344 g/mol. The number of fused-ring (bicyclic) bond motifs is 1. The van der Waals surface area contributed by atoms with E-state index in [9.17, 15) is 18.7 Å². The molecule has 0 unspecified atom stereocenters. The molecule has 0 saturated carbocycles. The van der Waals surface area contributed by atoms with Crippen molar-refractivity contribution in [3.8, 4) is 0 Å². The van der Waals surface area contributed by atoms with Gasteiger partial charge in [0.2, 0.25) is 0 Å². The molecule has 0 radical (unpaired) electrons. The number of nitrogens with zero attached hydrogens (tertiary/aromatic N) is 1. The summed E-state index contributed by atoms with van der Waals surface area (Å²) in [5, 5.41) is 9.75. The monoisotopic (exact) mass is 343 g/mol. The number of hydrogen-bond donors (Lipinski definition) is 3. The predicted molar refractivity (Wildman–Crippen MR) is 84.7 cm³/mol. The number of H-pyrrole nitrogens is 1. The molecule has 3 rings (SSSR count). The molecule has 1 aliphatic heterocycles. The first-order chi connectivity index (χ1) is 10.8. The van der Waals surface area contributed by atoms with Gasteiger partial charge in [0.05, 0.1) is 21.8 Å². The van der Waals surface area contributed by atoms with Crippen molar-refractivity contribution in [2.75, 3.05) is 18.0 Å². The zero-order chi connectivity index (χ0) is 16.9. The number of carboxylic acid groups (broad SMARTS) is 1. The Kier molecular flexibility index (Phi) is 3.93. The lowest BCUT2D eigenvalue weighted by Crippen LogP contribution is -2.48. The van der Waals surface area contributed by atoms with Gasteiger partial charge < -0.3 is 20.7 Å². The van der Waals surface area contributed by atoms with Crippen LogP contribution in [0.25, 0.3) is 10.9 Å². The third kappa shape index (κ3) is 2.64. The number of aromatic nitrogens is 1. The molecule has 0 spiro atoms. The molecule has 2 heterocycles. The number of benzene rings is 1. The SMILES string of the molecule is Cc1[nH]c2c(C(=O)O)cc(F)c(N3C[C@@H](N)C[C@H](F)C3)c2c1Cl. The third-order valence-corrected chi connectivity index (χ3v) is 4.57.